The number of morpholine rings is 1. The molecule has 0 bridgehead atoms. The first kappa shape index (κ1) is 13.6. The van der Waals surface area contributed by atoms with Crippen molar-refractivity contribution in [2.75, 3.05) is 38.2 Å². The maximum atomic E-state index is 12.0. The first-order valence-electron chi connectivity index (χ1n) is 6.78. The Kier molecular flexibility index (Phi) is 3.82. The van der Waals surface area contributed by atoms with E-state index in [2.05, 4.69) is 20.6 Å². The fourth-order valence-corrected chi connectivity index (χ4v) is 2.17. The second-order valence-corrected chi connectivity index (χ2v) is 4.69. The number of hydrogen-bond donors (Lipinski definition) is 2. The minimum atomic E-state index is -0.391. The number of ether oxygens (including phenoxy) is 1. The van der Waals surface area contributed by atoms with Crippen molar-refractivity contribution in [3.8, 4) is 0 Å². The lowest BCUT2D eigenvalue weighted by atomic mass is 10.3. The van der Waals surface area contributed by atoms with E-state index in [1.165, 1.54) is 4.52 Å². The lowest BCUT2D eigenvalue weighted by Gasteiger charge is -2.26. The number of amides is 1. The standard InChI is InChI=1S/C12H16N6O3/c19-11(17-5-7-21-8-6-17)3-4-13-9-1-2-10-14-15-12(20)18(10)16-9/h1-2H,3-8H2,(H,13,16)(H,15,20). The second kappa shape index (κ2) is 5.92. The van der Waals surface area contributed by atoms with Crippen LogP contribution in [0.4, 0.5) is 5.82 Å². The molecule has 0 atom stereocenters. The molecule has 1 amide bonds. The smallest absolute Gasteiger partial charge is 0.364 e. The van der Waals surface area contributed by atoms with Gasteiger partial charge in [0.05, 0.1) is 13.2 Å². The first-order valence-corrected chi connectivity index (χ1v) is 6.78. The molecule has 3 rings (SSSR count). The van der Waals surface area contributed by atoms with Crippen LogP contribution in [0, 0.1) is 0 Å². The number of hydrogen-bond acceptors (Lipinski definition) is 6. The van der Waals surface area contributed by atoms with Crippen LogP contribution in [0.25, 0.3) is 5.65 Å². The first-order chi connectivity index (χ1) is 10.2. The maximum absolute atomic E-state index is 12.0. The summed E-state index contributed by atoms with van der Waals surface area (Å²) in [4.78, 5) is 25.1. The molecule has 0 aromatic carbocycles. The Morgan fingerprint density at radius 2 is 2.19 bits per heavy atom. The average molecular weight is 292 g/mol. The molecule has 2 aromatic rings. The van der Waals surface area contributed by atoms with Crippen molar-refractivity contribution in [2.45, 2.75) is 6.42 Å². The van der Waals surface area contributed by atoms with Crippen molar-refractivity contribution < 1.29 is 9.53 Å². The molecule has 0 spiro atoms. The van der Waals surface area contributed by atoms with Crippen LogP contribution in [0.1, 0.15) is 6.42 Å². The van der Waals surface area contributed by atoms with Crippen molar-refractivity contribution in [1.82, 2.24) is 24.7 Å². The van der Waals surface area contributed by atoms with Gasteiger partial charge in [-0.15, -0.1) is 5.10 Å². The zero-order valence-corrected chi connectivity index (χ0v) is 11.4. The molecule has 0 aliphatic carbocycles. The summed E-state index contributed by atoms with van der Waals surface area (Å²) in [6, 6.07) is 3.39. The number of carbonyl (C=O) groups excluding carboxylic acids is 1. The van der Waals surface area contributed by atoms with Crippen LogP contribution in [-0.4, -0.2) is 63.5 Å². The molecule has 0 saturated carbocycles. The summed E-state index contributed by atoms with van der Waals surface area (Å²) in [5.41, 5.74) is 0.0630. The minimum absolute atomic E-state index is 0.0901. The highest BCUT2D eigenvalue weighted by molar-refractivity contribution is 5.76. The molecule has 9 nitrogen and oxygen atoms in total. The summed E-state index contributed by atoms with van der Waals surface area (Å²) in [6.45, 7) is 2.95. The van der Waals surface area contributed by atoms with Gasteiger partial charge in [-0.25, -0.2) is 9.89 Å². The molecule has 1 saturated heterocycles. The number of carbonyl (C=O) groups is 1. The SMILES string of the molecule is O=C(CCNc1ccc2n[nH]c(=O)n2n1)N1CCOCC1. The predicted molar refractivity (Wildman–Crippen MR) is 74.1 cm³/mol. The number of fused-ring (bicyclic) bond motifs is 1. The zero-order chi connectivity index (χ0) is 14.7. The van der Waals surface area contributed by atoms with E-state index in [-0.39, 0.29) is 5.91 Å². The van der Waals surface area contributed by atoms with Gasteiger partial charge in [0.2, 0.25) is 5.91 Å². The predicted octanol–water partition coefficient (Wildman–Crippen LogP) is -0.922. The topological polar surface area (TPSA) is 105 Å². The number of H-pyrrole nitrogens is 1. The molecule has 2 aromatic heterocycles. The van der Waals surface area contributed by atoms with Gasteiger partial charge in [0.15, 0.2) is 5.65 Å². The van der Waals surface area contributed by atoms with E-state index in [9.17, 15) is 9.59 Å². The molecular formula is C12H16N6O3. The average Bonchev–Trinajstić information content (AvgIpc) is 2.89. The highest BCUT2D eigenvalue weighted by Crippen LogP contribution is 2.04. The molecule has 1 fully saturated rings. The van der Waals surface area contributed by atoms with Gasteiger partial charge in [-0.1, -0.05) is 0 Å². The third-order valence-corrected chi connectivity index (χ3v) is 3.28. The molecule has 2 N–H and O–H groups in total. The summed E-state index contributed by atoms with van der Waals surface area (Å²) in [5.74, 6) is 0.619. The molecule has 1 aliphatic rings. The fraction of sp³-hybridized carbons (Fsp3) is 0.500. The highest BCUT2D eigenvalue weighted by Gasteiger charge is 2.16. The van der Waals surface area contributed by atoms with E-state index in [0.29, 0.717) is 50.7 Å². The highest BCUT2D eigenvalue weighted by atomic mass is 16.5. The van der Waals surface area contributed by atoms with Crippen molar-refractivity contribution in [2.24, 2.45) is 0 Å². The van der Waals surface area contributed by atoms with Gasteiger partial charge in [0.1, 0.15) is 5.82 Å². The zero-order valence-electron chi connectivity index (χ0n) is 11.4. The van der Waals surface area contributed by atoms with Crippen molar-refractivity contribution in [3.63, 3.8) is 0 Å². The molecule has 3 heterocycles. The van der Waals surface area contributed by atoms with E-state index < -0.39 is 5.69 Å². The van der Waals surface area contributed by atoms with Crippen molar-refractivity contribution in [1.29, 1.82) is 0 Å². The van der Waals surface area contributed by atoms with E-state index in [4.69, 9.17) is 4.74 Å². The summed E-state index contributed by atoms with van der Waals surface area (Å²) < 4.78 is 6.38. The number of nitrogens with zero attached hydrogens (tertiary/aromatic N) is 4. The third kappa shape index (κ3) is 3.02. The van der Waals surface area contributed by atoms with E-state index in [0.717, 1.165) is 0 Å². The number of aromatic nitrogens is 4. The van der Waals surface area contributed by atoms with Crippen LogP contribution in [0.15, 0.2) is 16.9 Å². The Morgan fingerprint density at radius 1 is 1.38 bits per heavy atom. The van der Waals surface area contributed by atoms with Crippen LogP contribution < -0.4 is 11.0 Å². The maximum Gasteiger partial charge on any atom is 0.364 e. The number of rotatable bonds is 4. The van der Waals surface area contributed by atoms with Gasteiger partial charge in [0.25, 0.3) is 0 Å². The second-order valence-electron chi connectivity index (χ2n) is 4.69. The van der Waals surface area contributed by atoms with Crippen LogP contribution in [0.5, 0.6) is 0 Å². The van der Waals surface area contributed by atoms with Crippen LogP contribution in [0.3, 0.4) is 0 Å². The number of nitrogens with one attached hydrogen (secondary N) is 2. The number of anilines is 1. The van der Waals surface area contributed by atoms with Crippen LogP contribution in [-0.2, 0) is 9.53 Å². The normalized spacial score (nSPS) is 15.3. The molecule has 112 valence electrons. The van der Waals surface area contributed by atoms with E-state index in [1.807, 2.05) is 0 Å². The minimum Gasteiger partial charge on any atom is -0.378 e. The number of aromatic amines is 1. The molecule has 1 aliphatic heterocycles. The lowest BCUT2D eigenvalue weighted by molar-refractivity contribution is -0.134. The monoisotopic (exact) mass is 292 g/mol. The van der Waals surface area contributed by atoms with Crippen LogP contribution >= 0.6 is 0 Å². The largest absolute Gasteiger partial charge is 0.378 e. The van der Waals surface area contributed by atoms with Gasteiger partial charge < -0.3 is 15.0 Å². The Hall–Kier alpha value is -2.42. The molecule has 21 heavy (non-hydrogen) atoms. The summed E-state index contributed by atoms with van der Waals surface area (Å²) in [6.07, 6.45) is 0.375. The van der Waals surface area contributed by atoms with Gasteiger partial charge in [-0.05, 0) is 12.1 Å². The summed E-state index contributed by atoms with van der Waals surface area (Å²) in [7, 11) is 0. The van der Waals surface area contributed by atoms with E-state index >= 15 is 0 Å². The van der Waals surface area contributed by atoms with Crippen LogP contribution in [0.2, 0.25) is 0 Å². The summed E-state index contributed by atoms with van der Waals surface area (Å²) in [5, 5.41) is 13.2. The Labute approximate surface area is 119 Å². The lowest BCUT2D eigenvalue weighted by Crippen LogP contribution is -2.41. The Balaban J connectivity index is 1.55. The molecule has 0 radical (unpaired) electrons. The van der Waals surface area contributed by atoms with Crippen molar-refractivity contribution >= 4 is 17.4 Å². The summed E-state index contributed by atoms with van der Waals surface area (Å²) >= 11 is 0. The molecular weight excluding hydrogens is 276 g/mol. The third-order valence-electron chi connectivity index (χ3n) is 3.28. The van der Waals surface area contributed by atoms with Gasteiger partial charge >= 0.3 is 5.69 Å². The van der Waals surface area contributed by atoms with Gasteiger partial charge in [-0.2, -0.15) is 9.61 Å². The van der Waals surface area contributed by atoms with Gasteiger partial charge in [0, 0.05) is 26.1 Å². The van der Waals surface area contributed by atoms with E-state index in [1.54, 1.807) is 17.0 Å². The Morgan fingerprint density at radius 3 is 3.00 bits per heavy atom. The van der Waals surface area contributed by atoms with Crippen molar-refractivity contribution in [3.05, 3.63) is 22.6 Å². The molecule has 0 unspecified atom stereocenters. The van der Waals surface area contributed by atoms with Gasteiger partial charge in [-0.3, -0.25) is 4.79 Å². The quantitative estimate of drug-likeness (QED) is 0.755. The fourth-order valence-electron chi connectivity index (χ4n) is 2.17. The Bertz CT molecular complexity index is 688. The molecule has 9 heteroatoms.